The van der Waals surface area contributed by atoms with Gasteiger partial charge >= 0.3 is 12.0 Å². The molecule has 1 atom stereocenters. The molecule has 5 nitrogen and oxygen atoms in total. The van der Waals surface area contributed by atoms with Crippen molar-refractivity contribution in [3.05, 3.63) is 28.8 Å². The van der Waals surface area contributed by atoms with Gasteiger partial charge in [-0.05, 0) is 31.0 Å². The van der Waals surface area contributed by atoms with E-state index in [0.717, 1.165) is 5.56 Å². The van der Waals surface area contributed by atoms with Gasteiger partial charge in [-0.2, -0.15) is 0 Å². The molecule has 0 radical (unpaired) electrons. The zero-order chi connectivity index (χ0) is 13.7. The second-order valence-corrected chi connectivity index (χ2v) is 4.22. The first-order valence-corrected chi connectivity index (χ1v) is 5.89. The smallest absolute Gasteiger partial charge is 0.326 e. The number of urea groups is 1. The number of carboxylic acid groups (broad SMARTS) is 1. The van der Waals surface area contributed by atoms with Crippen LogP contribution in [0.3, 0.4) is 0 Å². The lowest BCUT2D eigenvalue weighted by atomic mass is 10.2. The summed E-state index contributed by atoms with van der Waals surface area (Å²) in [5.74, 6) is -1.06. The van der Waals surface area contributed by atoms with Gasteiger partial charge < -0.3 is 15.7 Å². The van der Waals surface area contributed by atoms with Crippen LogP contribution in [0.25, 0.3) is 0 Å². The van der Waals surface area contributed by atoms with Gasteiger partial charge in [0.1, 0.15) is 6.04 Å². The van der Waals surface area contributed by atoms with Gasteiger partial charge in [0.25, 0.3) is 0 Å². The Bertz CT molecular complexity index is 463. The van der Waals surface area contributed by atoms with E-state index < -0.39 is 18.0 Å². The topological polar surface area (TPSA) is 78.4 Å². The fraction of sp³-hybridized carbons (Fsp3) is 0.333. The van der Waals surface area contributed by atoms with Crippen LogP contribution in [0.5, 0.6) is 0 Å². The Morgan fingerprint density at radius 1 is 1.44 bits per heavy atom. The van der Waals surface area contributed by atoms with E-state index in [4.69, 9.17) is 16.7 Å². The summed E-state index contributed by atoms with van der Waals surface area (Å²) in [5, 5.41) is 14.3. The second kappa shape index (κ2) is 6.26. The Hall–Kier alpha value is -1.75. The third-order valence-corrected chi connectivity index (χ3v) is 2.94. The van der Waals surface area contributed by atoms with Crippen molar-refractivity contribution in [1.29, 1.82) is 0 Å². The molecule has 0 aliphatic heterocycles. The van der Waals surface area contributed by atoms with Crippen molar-refractivity contribution in [2.75, 3.05) is 5.32 Å². The van der Waals surface area contributed by atoms with Crippen LogP contribution >= 0.6 is 11.6 Å². The lowest BCUT2D eigenvalue weighted by Gasteiger charge is -2.14. The van der Waals surface area contributed by atoms with Crippen LogP contribution in [-0.2, 0) is 4.79 Å². The molecule has 3 N–H and O–H groups in total. The third-order valence-electron chi connectivity index (χ3n) is 2.53. The lowest BCUT2D eigenvalue weighted by molar-refractivity contribution is -0.139. The van der Waals surface area contributed by atoms with Gasteiger partial charge in [0.15, 0.2) is 0 Å². The minimum absolute atomic E-state index is 0.317. The molecule has 1 aromatic carbocycles. The van der Waals surface area contributed by atoms with Gasteiger partial charge in [-0.25, -0.2) is 9.59 Å². The van der Waals surface area contributed by atoms with Crippen molar-refractivity contribution in [2.24, 2.45) is 0 Å². The average molecular weight is 271 g/mol. The average Bonchev–Trinajstić information content (AvgIpc) is 2.31. The number of carbonyl (C=O) groups is 2. The lowest BCUT2D eigenvalue weighted by Crippen LogP contribution is -2.42. The number of anilines is 1. The van der Waals surface area contributed by atoms with Crippen LogP contribution in [-0.4, -0.2) is 23.1 Å². The predicted molar refractivity (Wildman–Crippen MR) is 70.1 cm³/mol. The summed E-state index contributed by atoms with van der Waals surface area (Å²) < 4.78 is 0. The van der Waals surface area contributed by atoms with E-state index in [1.807, 2.05) is 0 Å². The fourth-order valence-corrected chi connectivity index (χ4v) is 1.57. The summed E-state index contributed by atoms with van der Waals surface area (Å²) in [7, 11) is 0. The highest BCUT2D eigenvalue weighted by Crippen LogP contribution is 2.22. The monoisotopic (exact) mass is 270 g/mol. The zero-order valence-electron chi connectivity index (χ0n) is 10.2. The van der Waals surface area contributed by atoms with Crippen molar-refractivity contribution < 1.29 is 14.7 Å². The molecular formula is C12H15ClN2O3. The first-order chi connectivity index (χ1) is 8.45. The first kappa shape index (κ1) is 14.3. The molecule has 0 saturated carbocycles. The number of halogens is 1. The number of rotatable bonds is 4. The Morgan fingerprint density at radius 2 is 2.11 bits per heavy atom. The maximum absolute atomic E-state index is 11.6. The Kier molecular flexibility index (Phi) is 4.97. The van der Waals surface area contributed by atoms with Crippen LogP contribution < -0.4 is 10.6 Å². The highest BCUT2D eigenvalue weighted by molar-refractivity contribution is 6.31. The van der Waals surface area contributed by atoms with E-state index in [1.165, 1.54) is 0 Å². The van der Waals surface area contributed by atoms with Crippen LogP contribution in [0.15, 0.2) is 18.2 Å². The van der Waals surface area contributed by atoms with E-state index >= 15 is 0 Å². The molecule has 6 heteroatoms. The molecule has 0 fully saturated rings. The number of benzene rings is 1. The Morgan fingerprint density at radius 3 is 2.67 bits per heavy atom. The minimum Gasteiger partial charge on any atom is -0.480 e. The maximum atomic E-state index is 11.6. The molecule has 0 bridgehead atoms. The molecule has 0 aromatic heterocycles. The molecule has 1 aromatic rings. The first-order valence-electron chi connectivity index (χ1n) is 5.51. The van der Waals surface area contributed by atoms with Crippen molar-refractivity contribution in [2.45, 2.75) is 26.3 Å². The van der Waals surface area contributed by atoms with E-state index in [2.05, 4.69) is 10.6 Å². The Labute approximate surface area is 110 Å². The van der Waals surface area contributed by atoms with Gasteiger partial charge in [-0.1, -0.05) is 24.6 Å². The van der Waals surface area contributed by atoms with Crippen LogP contribution in [0, 0.1) is 6.92 Å². The molecule has 1 rings (SSSR count). The van der Waals surface area contributed by atoms with E-state index in [-0.39, 0.29) is 0 Å². The number of hydrogen-bond donors (Lipinski definition) is 3. The third kappa shape index (κ3) is 3.63. The highest BCUT2D eigenvalue weighted by Gasteiger charge is 2.17. The number of nitrogens with one attached hydrogen (secondary N) is 2. The minimum atomic E-state index is -1.06. The molecule has 98 valence electrons. The molecule has 18 heavy (non-hydrogen) atoms. The maximum Gasteiger partial charge on any atom is 0.326 e. The molecule has 2 amide bonds. The fourth-order valence-electron chi connectivity index (χ4n) is 1.40. The number of carboxylic acids is 1. The van der Waals surface area contributed by atoms with Gasteiger partial charge in [-0.15, -0.1) is 0 Å². The molecule has 0 aliphatic rings. The predicted octanol–water partition coefficient (Wildman–Crippen LogP) is 2.63. The quantitative estimate of drug-likeness (QED) is 0.787. The van der Waals surface area contributed by atoms with Crippen molar-refractivity contribution in [1.82, 2.24) is 5.32 Å². The standard InChI is InChI=1S/C12H15ClN2O3/c1-3-9(11(16)17)14-12(18)15-10-6-4-5-8(13)7(10)2/h4-6,9H,3H2,1-2H3,(H,16,17)(H2,14,15,18)/t9-/m1/s1. The molecular weight excluding hydrogens is 256 g/mol. The zero-order valence-corrected chi connectivity index (χ0v) is 10.9. The number of carbonyl (C=O) groups excluding carboxylic acids is 1. The molecule has 0 spiro atoms. The summed E-state index contributed by atoms with van der Waals surface area (Å²) >= 11 is 5.91. The van der Waals surface area contributed by atoms with Gasteiger partial charge in [0.2, 0.25) is 0 Å². The van der Waals surface area contributed by atoms with Crippen LogP contribution in [0.4, 0.5) is 10.5 Å². The van der Waals surface area contributed by atoms with E-state index in [0.29, 0.717) is 17.1 Å². The van der Waals surface area contributed by atoms with Crippen LogP contribution in [0.2, 0.25) is 5.02 Å². The van der Waals surface area contributed by atoms with Gasteiger partial charge in [-0.3, -0.25) is 0 Å². The summed E-state index contributed by atoms with van der Waals surface area (Å²) in [6.07, 6.45) is 0.317. The summed E-state index contributed by atoms with van der Waals surface area (Å²) in [4.78, 5) is 22.4. The van der Waals surface area contributed by atoms with Crippen LogP contribution in [0.1, 0.15) is 18.9 Å². The second-order valence-electron chi connectivity index (χ2n) is 3.81. The van der Waals surface area contributed by atoms with Gasteiger partial charge in [0, 0.05) is 10.7 Å². The SMILES string of the molecule is CC[C@@H](NC(=O)Nc1cccc(Cl)c1C)C(=O)O. The van der Waals surface area contributed by atoms with Crippen molar-refractivity contribution in [3.63, 3.8) is 0 Å². The number of aliphatic carboxylic acids is 1. The van der Waals surface area contributed by atoms with Crippen molar-refractivity contribution in [3.8, 4) is 0 Å². The molecule has 0 heterocycles. The summed E-state index contributed by atoms with van der Waals surface area (Å²) in [5.41, 5.74) is 1.29. The molecule has 0 aliphatic carbocycles. The summed E-state index contributed by atoms with van der Waals surface area (Å²) in [6, 6.07) is 3.66. The number of amides is 2. The summed E-state index contributed by atoms with van der Waals surface area (Å²) in [6.45, 7) is 3.45. The van der Waals surface area contributed by atoms with Gasteiger partial charge in [0.05, 0.1) is 0 Å². The number of hydrogen-bond acceptors (Lipinski definition) is 2. The molecule has 0 saturated heterocycles. The largest absolute Gasteiger partial charge is 0.480 e. The van der Waals surface area contributed by atoms with E-state index in [1.54, 1.807) is 32.0 Å². The Balaban J connectivity index is 2.70. The van der Waals surface area contributed by atoms with Crippen molar-refractivity contribution >= 4 is 29.3 Å². The normalized spacial score (nSPS) is 11.7. The highest BCUT2D eigenvalue weighted by atomic mass is 35.5. The molecule has 0 unspecified atom stereocenters. The van der Waals surface area contributed by atoms with E-state index in [9.17, 15) is 9.59 Å².